The molecule has 5 nitrogen and oxygen atoms in total. The lowest BCUT2D eigenvalue weighted by molar-refractivity contribution is 0.242. The summed E-state index contributed by atoms with van der Waals surface area (Å²) in [7, 11) is 0. The first-order valence-electron chi connectivity index (χ1n) is 9.46. The summed E-state index contributed by atoms with van der Waals surface area (Å²) in [5.74, 6) is 0.852. The second kappa shape index (κ2) is 7.64. The fraction of sp³-hybridized carbons (Fsp3) is 0.273. The van der Waals surface area contributed by atoms with Crippen molar-refractivity contribution in [2.24, 2.45) is 0 Å². The monoisotopic (exact) mass is 392 g/mol. The van der Waals surface area contributed by atoms with Crippen LogP contribution in [0.15, 0.2) is 60.8 Å². The van der Waals surface area contributed by atoms with Gasteiger partial charge in [0.1, 0.15) is 11.8 Å². The Labute approximate surface area is 170 Å². The summed E-state index contributed by atoms with van der Waals surface area (Å²) in [6.45, 7) is 6.10. The second-order valence-corrected chi connectivity index (χ2v) is 7.64. The van der Waals surface area contributed by atoms with Gasteiger partial charge < -0.3 is 19.9 Å². The number of aromatic amines is 1. The molecule has 1 aliphatic rings. The first-order chi connectivity index (χ1) is 13.5. The molecule has 2 atom stereocenters. The molecule has 1 aliphatic heterocycles. The van der Waals surface area contributed by atoms with Crippen molar-refractivity contribution in [3.63, 3.8) is 0 Å². The quantitative estimate of drug-likeness (QED) is 0.618. The van der Waals surface area contributed by atoms with Crippen LogP contribution < -0.4 is 15.0 Å². The van der Waals surface area contributed by atoms with E-state index in [0.29, 0.717) is 5.11 Å². The molecule has 28 heavy (non-hydrogen) atoms. The standard InChI is InChI=1S/C22H24N4OS/c1-14(2)27-17-10-8-16(9-11-17)26-21(19-12-7-15(3)24-19)20(25-22(26)28)18-6-4-5-13-23-18/h4-14,20-21,24H,1-3H3,(H,25,28)/t20-,21+/m1/s1. The van der Waals surface area contributed by atoms with E-state index in [4.69, 9.17) is 17.0 Å². The van der Waals surface area contributed by atoms with E-state index in [-0.39, 0.29) is 18.2 Å². The summed E-state index contributed by atoms with van der Waals surface area (Å²) in [6.07, 6.45) is 1.96. The van der Waals surface area contributed by atoms with Gasteiger partial charge in [-0.2, -0.15) is 0 Å². The molecule has 3 heterocycles. The maximum Gasteiger partial charge on any atom is 0.174 e. The lowest BCUT2D eigenvalue weighted by atomic mass is 10.0. The molecular weight excluding hydrogens is 368 g/mol. The van der Waals surface area contributed by atoms with Crippen LogP contribution >= 0.6 is 12.2 Å². The highest BCUT2D eigenvalue weighted by atomic mass is 32.1. The molecular formula is C22H24N4OS. The summed E-state index contributed by atoms with van der Waals surface area (Å²) in [6, 6.07) is 18.2. The van der Waals surface area contributed by atoms with Crippen molar-refractivity contribution in [2.45, 2.75) is 39.0 Å². The fourth-order valence-corrected chi connectivity index (χ4v) is 3.95. The van der Waals surface area contributed by atoms with Crippen LogP contribution in [0.1, 0.15) is 43.0 Å². The SMILES string of the molecule is Cc1ccc([C@H]2[C@@H](c3ccccn3)NC(=S)N2c2ccc(OC(C)C)cc2)[nH]1. The number of rotatable bonds is 5. The Morgan fingerprint density at radius 2 is 1.86 bits per heavy atom. The van der Waals surface area contributed by atoms with E-state index in [0.717, 1.165) is 28.5 Å². The lowest BCUT2D eigenvalue weighted by Crippen LogP contribution is -2.29. The van der Waals surface area contributed by atoms with Crippen molar-refractivity contribution in [3.05, 3.63) is 77.9 Å². The van der Waals surface area contributed by atoms with Gasteiger partial charge in [0.2, 0.25) is 0 Å². The molecule has 0 amide bonds. The number of hydrogen-bond donors (Lipinski definition) is 2. The van der Waals surface area contributed by atoms with Crippen molar-refractivity contribution in [3.8, 4) is 5.75 Å². The topological polar surface area (TPSA) is 53.2 Å². The number of hydrogen-bond acceptors (Lipinski definition) is 3. The molecule has 1 saturated heterocycles. The van der Waals surface area contributed by atoms with Crippen molar-refractivity contribution in [1.82, 2.24) is 15.3 Å². The van der Waals surface area contributed by atoms with E-state index < -0.39 is 0 Å². The third-order valence-corrected chi connectivity index (χ3v) is 5.07. The van der Waals surface area contributed by atoms with Gasteiger partial charge in [-0.1, -0.05) is 6.07 Å². The Kier molecular flexibility index (Phi) is 5.05. The van der Waals surface area contributed by atoms with Gasteiger partial charge in [0.05, 0.1) is 17.8 Å². The van der Waals surface area contributed by atoms with E-state index in [2.05, 4.69) is 51.4 Å². The average molecular weight is 393 g/mol. The minimum Gasteiger partial charge on any atom is -0.491 e. The fourth-order valence-electron chi connectivity index (χ4n) is 3.60. The number of ether oxygens (including phenoxy) is 1. The van der Waals surface area contributed by atoms with Gasteiger partial charge >= 0.3 is 0 Å². The van der Waals surface area contributed by atoms with Gasteiger partial charge in [-0.15, -0.1) is 0 Å². The summed E-state index contributed by atoms with van der Waals surface area (Å²) >= 11 is 5.73. The van der Waals surface area contributed by atoms with Gasteiger partial charge in [-0.25, -0.2) is 0 Å². The van der Waals surface area contributed by atoms with Crippen molar-refractivity contribution >= 4 is 23.0 Å². The number of anilines is 1. The minimum absolute atomic E-state index is 0.0204. The van der Waals surface area contributed by atoms with Gasteiger partial charge in [0, 0.05) is 23.3 Å². The number of pyridine rings is 1. The molecule has 1 aromatic carbocycles. The smallest absolute Gasteiger partial charge is 0.174 e. The molecule has 1 fully saturated rings. The number of aromatic nitrogens is 2. The van der Waals surface area contributed by atoms with Crippen molar-refractivity contribution in [1.29, 1.82) is 0 Å². The first-order valence-corrected chi connectivity index (χ1v) is 9.86. The number of nitrogens with one attached hydrogen (secondary N) is 2. The number of nitrogens with zero attached hydrogens (tertiary/aromatic N) is 2. The van der Waals surface area contributed by atoms with Gasteiger partial charge in [0.15, 0.2) is 5.11 Å². The minimum atomic E-state index is -0.0432. The molecule has 4 rings (SSSR count). The van der Waals surface area contributed by atoms with Gasteiger partial charge in [0.25, 0.3) is 0 Å². The maximum atomic E-state index is 5.78. The highest BCUT2D eigenvalue weighted by Gasteiger charge is 2.41. The summed E-state index contributed by atoms with van der Waals surface area (Å²) in [5, 5.41) is 4.15. The molecule has 0 radical (unpaired) electrons. The zero-order chi connectivity index (χ0) is 19.7. The van der Waals surface area contributed by atoms with E-state index in [1.165, 1.54) is 0 Å². The highest BCUT2D eigenvalue weighted by Crippen LogP contribution is 2.41. The van der Waals surface area contributed by atoms with E-state index in [9.17, 15) is 0 Å². The Hall–Kier alpha value is -2.86. The molecule has 0 spiro atoms. The average Bonchev–Trinajstić information content (AvgIpc) is 3.26. The van der Waals surface area contributed by atoms with Gasteiger partial charge in [-0.3, -0.25) is 4.98 Å². The number of H-pyrrole nitrogens is 1. The van der Waals surface area contributed by atoms with E-state index >= 15 is 0 Å². The Bertz CT molecular complexity index is 952. The molecule has 6 heteroatoms. The zero-order valence-corrected chi connectivity index (χ0v) is 17.0. The molecule has 2 aromatic heterocycles. The molecule has 3 aromatic rings. The predicted octanol–water partition coefficient (Wildman–Crippen LogP) is 4.68. The van der Waals surface area contributed by atoms with Crippen LogP contribution in [0, 0.1) is 6.92 Å². The molecule has 0 saturated carbocycles. The van der Waals surface area contributed by atoms with Crippen LogP contribution in [0.3, 0.4) is 0 Å². The van der Waals surface area contributed by atoms with E-state index in [1.807, 2.05) is 50.4 Å². The Morgan fingerprint density at radius 1 is 1.07 bits per heavy atom. The summed E-state index contributed by atoms with van der Waals surface area (Å²) in [5.41, 5.74) is 4.20. The zero-order valence-electron chi connectivity index (χ0n) is 16.2. The summed E-state index contributed by atoms with van der Waals surface area (Å²) in [4.78, 5) is 10.2. The summed E-state index contributed by atoms with van der Waals surface area (Å²) < 4.78 is 5.78. The normalized spacial score (nSPS) is 19.1. The van der Waals surface area contributed by atoms with E-state index in [1.54, 1.807) is 0 Å². The molecule has 2 N–H and O–H groups in total. The van der Waals surface area contributed by atoms with Crippen LogP contribution in [0.4, 0.5) is 5.69 Å². The largest absolute Gasteiger partial charge is 0.491 e. The molecule has 0 unspecified atom stereocenters. The van der Waals surface area contributed by atoms with Crippen LogP contribution in [-0.4, -0.2) is 21.2 Å². The Balaban J connectivity index is 1.73. The number of thiocarbonyl (C=S) groups is 1. The lowest BCUT2D eigenvalue weighted by Gasteiger charge is -2.27. The van der Waals surface area contributed by atoms with Gasteiger partial charge in [-0.05, 0) is 81.5 Å². The molecule has 144 valence electrons. The third-order valence-electron chi connectivity index (χ3n) is 4.76. The first kappa shape index (κ1) is 18.5. The van der Waals surface area contributed by atoms with Crippen LogP contribution in [-0.2, 0) is 0 Å². The second-order valence-electron chi connectivity index (χ2n) is 7.25. The van der Waals surface area contributed by atoms with Crippen LogP contribution in [0.25, 0.3) is 0 Å². The number of aryl methyl sites for hydroxylation is 1. The Morgan fingerprint density at radius 3 is 2.46 bits per heavy atom. The third kappa shape index (κ3) is 3.60. The van der Waals surface area contributed by atoms with Crippen molar-refractivity contribution in [2.75, 3.05) is 4.90 Å². The van der Waals surface area contributed by atoms with Crippen LogP contribution in [0.2, 0.25) is 0 Å². The highest BCUT2D eigenvalue weighted by molar-refractivity contribution is 7.80. The molecule has 0 bridgehead atoms. The maximum absolute atomic E-state index is 5.78. The van der Waals surface area contributed by atoms with Crippen molar-refractivity contribution < 1.29 is 4.74 Å². The number of benzene rings is 1. The van der Waals surface area contributed by atoms with Crippen LogP contribution in [0.5, 0.6) is 5.75 Å². The molecule has 0 aliphatic carbocycles. The predicted molar refractivity (Wildman–Crippen MR) is 116 cm³/mol.